The van der Waals surface area contributed by atoms with Crippen LogP contribution in [0.1, 0.15) is 5.56 Å². The van der Waals surface area contributed by atoms with E-state index in [-0.39, 0.29) is 25.9 Å². The van der Waals surface area contributed by atoms with Crippen molar-refractivity contribution < 1.29 is 24.5 Å². The van der Waals surface area contributed by atoms with Crippen LogP contribution in [-0.2, 0) is 20.1 Å². The minimum absolute atomic E-state index is 0. The summed E-state index contributed by atoms with van der Waals surface area (Å²) in [6.45, 7) is 2.01. The number of hydrogen-bond acceptors (Lipinski definition) is 3. The molecule has 3 aromatic heterocycles. The first-order chi connectivity index (χ1) is 15.7. The van der Waals surface area contributed by atoms with E-state index in [4.69, 9.17) is 0 Å². The topological polar surface area (TPSA) is 38.7 Å². The standard InChI is InChI=1S/C17H12FN2.C11H8N.Ir/c1-12-9-17(14-3-2-4-15(18)10-14)20-11-16(12)13-5-7-19-8-6-13;1-2-6-10(7-3-1)11-8-4-5-9-12-11;/h2-9,11H,1H3;1-6,8-9H;/q2*-1;. The first-order valence-electron chi connectivity index (χ1n) is 10.1. The molecule has 0 aliphatic heterocycles. The minimum Gasteiger partial charge on any atom is -0.305 e. The van der Waals surface area contributed by atoms with Crippen LogP contribution >= 0.6 is 0 Å². The van der Waals surface area contributed by atoms with Crippen molar-refractivity contribution in [2.75, 3.05) is 0 Å². The van der Waals surface area contributed by atoms with E-state index in [0.717, 1.165) is 33.6 Å². The van der Waals surface area contributed by atoms with Crippen molar-refractivity contribution in [2.45, 2.75) is 6.92 Å². The van der Waals surface area contributed by atoms with Gasteiger partial charge in [-0.15, -0.1) is 65.7 Å². The quantitative estimate of drug-likeness (QED) is 0.216. The second kappa shape index (κ2) is 11.9. The van der Waals surface area contributed by atoms with Crippen LogP contribution in [0.5, 0.6) is 0 Å². The first kappa shape index (κ1) is 24.1. The van der Waals surface area contributed by atoms with Crippen LogP contribution in [0.2, 0.25) is 0 Å². The summed E-state index contributed by atoms with van der Waals surface area (Å²) in [6, 6.07) is 30.2. The molecule has 5 aromatic rings. The average molecular weight is 610 g/mol. The van der Waals surface area contributed by atoms with Crippen LogP contribution in [0.4, 0.5) is 4.39 Å². The third-order valence-electron chi connectivity index (χ3n) is 4.79. The molecule has 0 fully saturated rings. The summed E-state index contributed by atoms with van der Waals surface area (Å²) >= 11 is 0. The number of aryl methyl sites for hydroxylation is 1. The molecule has 0 atom stereocenters. The van der Waals surface area contributed by atoms with Gasteiger partial charge in [0.2, 0.25) is 0 Å². The van der Waals surface area contributed by atoms with Crippen molar-refractivity contribution in [1.82, 2.24) is 15.0 Å². The second-order valence-corrected chi connectivity index (χ2v) is 7.02. The van der Waals surface area contributed by atoms with E-state index in [9.17, 15) is 4.39 Å². The molecular formula is C28H20FIrN3-2. The minimum atomic E-state index is -0.375. The van der Waals surface area contributed by atoms with Gasteiger partial charge in [0.05, 0.1) is 0 Å². The van der Waals surface area contributed by atoms with Gasteiger partial charge in [-0.3, -0.25) is 4.98 Å². The zero-order valence-electron chi connectivity index (χ0n) is 17.9. The Morgan fingerprint density at radius 3 is 2.21 bits per heavy atom. The van der Waals surface area contributed by atoms with Crippen LogP contribution in [0, 0.1) is 24.9 Å². The van der Waals surface area contributed by atoms with Crippen LogP contribution in [0.3, 0.4) is 0 Å². The van der Waals surface area contributed by atoms with Crippen molar-refractivity contribution in [3.63, 3.8) is 0 Å². The van der Waals surface area contributed by atoms with Crippen LogP contribution in [0.25, 0.3) is 33.6 Å². The van der Waals surface area contributed by atoms with Gasteiger partial charge in [-0.05, 0) is 47.6 Å². The Hall–Kier alpha value is -3.53. The molecule has 3 heterocycles. The van der Waals surface area contributed by atoms with Gasteiger partial charge in [0.1, 0.15) is 0 Å². The van der Waals surface area contributed by atoms with Crippen molar-refractivity contribution >= 4 is 0 Å². The SMILES string of the molecule is Cc1cc(-c2[c-]c(F)ccc2)ncc1-c1ccncc1.[Ir].[c-]1ccccc1-c1ccccn1. The smallest absolute Gasteiger partial charge is 0.0405 e. The zero-order valence-corrected chi connectivity index (χ0v) is 20.3. The van der Waals surface area contributed by atoms with Gasteiger partial charge < -0.3 is 9.97 Å². The van der Waals surface area contributed by atoms with Gasteiger partial charge in [-0.1, -0.05) is 18.2 Å². The van der Waals surface area contributed by atoms with Crippen molar-refractivity contribution in [3.8, 4) is 33.6 Å². The number of pyridine rings is 3. The third kappa shape index (κ3) is 6.48. The maximum atomic E-state index is 13.2. The normalized spacial score (nSPS) is 9.88. The van der Waals surface area contributed by atoms with Crippen molar-refractivity contribution in [1.29, 1.82) is 0 Å². The average Bonchev–Trinajstić information content (AvgIpc) is 2.86. The van der Waals surface area contributed by atoms with E-state index < -0.39 is 0 Å². The van der Waals surface area contributed by atoms with Gasteiger partial charge in [0.25, 0.3) is 0 Å². The Kier molecular flexibility index (Phi) is 8.70. The molecule has 1 radical (unpaired) electrons. The summed E-state index contributed by atoms with van der Waals surface area (Å²) in [4.78, 5) is 12.6. The van der Waals surface area contributed by atoms with Gasteiger partial charge in [0.15, 0.2) is 0 Å². The van der Waals surface area contributed by atoms with E-state index in [2.05, 4.69) is 27.1 Å². The largest absolute Gasteiger partial charge is 0.305 e. The fraction of sp³-hybridized carbons (Fsp3) is 0.0357. The second-order valence-electron chi connectivity index (χ2n) is 7.02. The van der Waals surface area contributed by atoms with E-state index in [1.54, 1.807) is 36.9 Å². The third-order valence-corrected chi connectivity index (χ3v) is 4.79. The Morgan fingerprint density at radius 1 is 0.758 bits per heavy atom. The van der Waals surface area contributed by atoms with Gasteiger partial charge in [-0.25, -0.2) is 4.39 Å². The number of aromatic nitrogens is 3. The van der Waals surface area contributed by atoms with Gasteiger partial charge >= 0.3 is 0 Å². The zero-order chi connectivity index (χ0) is 22.2. The summed E-state index contributed by atoms with van der Waals surface area (Å²) in [5.41, 5.74) is 6.59. The summed E-state index contributed by atoms with van der Waals surface area (Å²) in [6.07, 6.45) is 7.10. The van der Waals surface area contributed by atoms with Crippen molar-refractivity contribution in [2.24, 2.45) is 0 Å². The molecule has 0 saturated carbocycles. The Balaban J connectivity index is 0.000000202. The molecule has 5 rings (SSSR count). The summed E-state index contributed by atoms with van der Waals surface area (Å²) in [5.74, 6) is -0.375. The van der Waals surface area contributed by atoms with Crippen LogP contribution in [-0.4, -0.2) is 15.0 Å². The maximum absolute atomic E-state index is 13.2. The van der Waals surface area contributed by atoms with Gasteiger partial charge in [0, 0.05) is 56.3 Å². The molecule has 0 aliphatic carbocycles. The number of halogens is 1. The number of nitrogens with zero attached hydrogens (tertiary/aromatic N) is 3. The van der Waals surface area contributed by atoms with E-state index in [1.807, 2.05) is 67.6 Å². The van der Waals surface area contributed by atoms with Gasteiger partial charge in [-0.2, -0.15) is 0 Å². The fourth-order valence-electron chi connectivity index (χ4n) is 3.20. The number of rotatable bonds is 3. The molecule has 2 aromatic carbocycles. The van der Waals surface area contributed by atoms with Crippen LogP contribution in [0.15, 0.2) is 104 Å². The molecule has 165 valence electrons. The predicted molar refractivity (Wildman–Crippen MR) is 125 cm³/mol. The molecule has 0 amide bonds. The van der Waals surface area contributed by atoms with Crippen molar-refractivity contribution in [3.05, 3.63) is 127 Å². The molecule has 0 spiro atoms. The maximum Gasteiger partial charge on any atom is 0.0405 e. The number of benzene rings is 2. The molecule has 0 aliphatic rings. The summed E-state index contributed by atoms with van der Waals surface area (Å²) in [5, 5.41) is 0. The molecule has 33 heavy (non-hydrogen) atoms. The fourth-order valence-corrected chi connectivity index (χ4v) is 3.20. The number of hydrogen-bond donors (Lipinski definition) is 0. The summed E-state index contributed by atoms with van der Waals surface area (Å²) in [7, 11) is 0. The van der Waals surface area contributed by atoms with E-state index >= 15 is 0 Å². The monoisotopic (exact) mass is 610 g/mol. The Labute approximate surface area is 206 Å². The molecule has 5 heteroatoms. The predicted octanol–water partition coefficient (Wildman–Crippen LogP) is 6.60. The molecule has 0 N–H and O–H groups in total. The Morgan fingerprint density at radius 2 is 1.55 bits per heavy atom. The first-order valence-corrected chi connectivity index (χ1v) is 10.1. The molecule has 0 unspecified atom stereocenters. The Bertz CT molecular complexity index is 1240. The van der Waals surface area contributed by atoms with Crippen LogP contribution < -0.4 is 0 Å². The summed E-state index contributed by atoms with van der Waals surface area (Å²) < 4.78 is 13.2. The molecule has 0 saturated heterocycles. The van der Waals surface area contributed by atoms with E-state index in [1.165, 1.54) is 6.07 Å². The molecule has 0 bridgehead atoms. The molecular weight excluding hydrogens is 590 g/mol. The van der Waals surface area contributed by atoms with E-state index in [0.29, 0.717) is 5.56 Å². The molecule has 3 nitrogen and oxygen atoms in total.